The van der Waals surface area contributed by atoms with Crippen molar-refractivity contribution in [1.29, 1.82) is 0 Å². The Kier molecular flexibility index (Phi) is 5.84. The Morgan fingerprint density at radius 2 is 1.50 bits per heavy atom. The zero-order valence-electron chi connectivity index (χ0n) is 15.5. The molecule has 7 heteroatoms. The number of rotatable bonds is 7. The van der Waals surface area contributed by atoms with Gasteiger partial charge in [0.25, 0.3) is 17.7 Å². The molecule has 0 saturated heterocycles. The van der Waals surface area contributed by atoms with Crippen LogP contribution in [0.2, 0.25) is 0 Å². The predicted octanol–water partition coefficient (Wildman–Crippen LogP) is 2.27. The maximum Gasteiger partial charge on any atom is 0.308 e. The number of imide groups is 1. The maximum atomic E-state index is 12.3. The minimum absolute atomic E-state index is 0.0878. The lowest BCUT2D eigenvalue weighted by molar-refractivity contribution is -0.147. The molecule has 0 N–H and O–H groups in total. The minimum atomic E-state index is -0.644. The van der Waals surface area contributed by atoms with E-state index in [1.165, 1.54) is 4.90 Å². The highest BCUT2D eigenvalue weighted by Gasteiger charge is 2.35. The molecule has 2 aromatic carbocycles. The molecule has 7 nitrogen and oxygen atoms in total. The lowest BCUT2D eigenvalue weighted by atomic mass is 10.1. The van der Waals surface area contributed by atoms with Crippen molar-refractivity contribution in [3.8, 4) is 0 Å². The van der Waals surface area contributed by atoms with Gasteiger partial charge in [-0.3, -0.25) is 24.1 Å². The van der Waals surface area contributed by atoms with Gasteiger partial charge in [0.15, 0.2) is 6.61 Å². The number of benzene rings is 2. The summed E-state index contributed by atoms with van der Waals surface area (Å²) in [5.74, 6) is -1.84. The summed E-state index contributed by atoms with van der Waals surface area (Å²) in [6.07, 6.45) is -0.170. The third-order valence-corrected chi connectivity index (χ3v) is 4.46. The van der Waals surface area contributed by atoms with Crippen LogP contribution in [0.5, 0.6) is 0 Å². The van der Waals surface area contributed by atoms with Gasteiger partial charge in [0.2, 0.25) is 0 Å². The normalized spacial score (nSPS) is 12.7. The average Bonchev–Trinajstić information content (AvgIpc) is 2.96. The van der Waals surface area contributed by atoms with Crippen molar-refractivity contribution >= 4 is 29.4 Å². The van der Waals surface area contributed by atoms with E-state index in [1.807, 2.05) is 25.1 Å². The first-order valence-corrected chi connectivity index (χ1v) is 8.99. The van der Waals surface area contributed by atoms with Crippen molar-refractivity contribution in [3.05, 3.63) is 65.7 Å². The summed E-state index contributed by atoms with van der Waals surface area (Å²) in [5.41, 5.74) is 1.38. The van der Waals surface area contributed by atoms with E-state index in [1.54, 1.807) is 36.4 Å². The Balaban J connectivity index is 1.51. The lowest BCUT2D eigenvalue weighted by Crippen LogP contribution is -2.35. The summed E-state index contributed by atoms with van der Waals surface area (Å²) >= 11 is 0. The monoisotopic (exact) mass is 380 g/mol. The third kappa shape index (κ3) is 3.93. The summed E-state index contributed by atoms with van der Waals surface area (Å²) in [6.45, 7) is 1.78. The van der Waals surface area contributed by atoms with E-state index >= 15 is 0 Å². The second kappa shape index (κ2) is 8.47. The second-order valence-corrected chi connectivity index (χ2v) is 6.19. The molecule has 0 fully saturated rings. The predicted molar refractivity (Wildman–Crippen MR) is 102 cm³/mol. The standard InChI is InChI=1S/C21H20N2O5/c1-2-22(15-8-4-3-5-9-15)18(24)14-28-19(25)12-13-23-20(26)16-10-6-7-11-17(16)21(23)27/h3-11H,2,12-14H2,1H3. The number of hydrogen-bond acceptors (Lipinski definition) is 5. The number of carbonyl (C=O) groups is 4. The number of likely N-dealkylation sites (N-methyl/N-ethyl adjacent to an activating group) is 1. The van der Waals surface area contributed by atoms with Crippen LogP contribution in [0.15, 0.2) is 54.6 Å². The van der Waals surface area contributed by atoms with Crippen LogP contribution in [-0.2, 0) is 14.3 Å². The Labute approximate surface area is 162 Å². The molecule has 0 unspecified atom stereocenters. The molecule has 0 aliphatic carbocycles. The lowest BCUT2D eigenvalue weighted by Gasteiger charge is -2.21. The zero-order chi connectivity index (χ0) is 20.1. The molecule has 0 bridgehead atoms. The molecule has 0 atom stereocenters. The molecular weight excluding hydrogens is 360 g/mol. The van der Waals surface area contributed by atoms with Gasteiger partial charge in [0.1, 0.15) is 0 Å². The van der Waals surface area contributed by atoms with Gasteiger partial charge in [0, 0.05) is 18.8 Å². The molecule has 28 heavy (non-hydrogen) atoms. The van der Waals surface area contributed by atoms with E-state index in [9.17, 15) is 19.2 Å². The van der Waals surface area contributed by atoms with E-state index in [-0.39, 0.29) is 18.9 Å². The molecule has 1 heterocycles. The zero-order valence-corrected chi connectivity index (χ0v) is 15.5. The Bertz CT molecular complexity index is 875. The Hall–Kier alpha value is -3.48. The van der Waals surface area contributed by atoms with Crippen molar-refractivity contribution in [2.24, 2.45) is 0 Å². The van der Waals surface area contributed by atoms with Crippen LogP contribution in [-0.4, -0.2) is 48.3 Å². The smallest absolute Gasteiger partial charge is 0.308 e. The van der Waals surface area contributed by atoms with Gasteiger partial charge in [-0.25, -0.2) is 0 Å². The van der Waals surface area contributed by atoms with Crippen LogP contribution in [0.25, 0.3) is 0 Å². The van der Waals surface area contributed by atoms with Crippen LogP contribution in [0, 0.1) is 0 Å². The summed E-state index contributed by atoms with van der Waals surface area (Å²) in [7, 11) is 0. The van der Waals surface area contributed by atoms with Crippen LogP contribution < -0.4 is 4.90 Å². The first kappa shape index (κ1) is 19.3. The topological polar surface area (TPSA) is 84.0 Å². The quantitative estimate of drug-likeness (QED) is 0.543. The number of amides is 3. The fourth-order valence-electron chi connectivity index (χ4n) is 3.05. The van der Waals surface area contributed by atoms with Gasteiger partial charge in [-0.15, -0.1) is 0 Å². The van der Waals surface area contributed by atoms with Crippen molar-refractivity contribution in [2.45, 2.75) is 13.3 Å². The van der Waals surface area contributed by atoms with Crippen molar-refractivity contribution < 1.29 is 23.9 Å². The highest BCUT2D eigenvalue weighted by molar-refractivity contribution is 6.21. The van der Waals surface area contributed by atoms with Crippen molar-refractivity contribution in [3.63, 3.8) is 0 Å². The number of anilines is 1. The molecule has 3 amide bonds. The average molecular weight is 380 g/mol. The highest BCUT2D eigenvalue weighted by atomic mass is 16.5. The highest BCUT2D eigenvalue weighted by Crippen LogP contribution is 2.22. The Morgan fingerprint density at radius 1 is 0.929 bits per heavy atom. The van der Waals surface area contributed by atoms with Crippen molar-refractivity contribution in [2.75, 3.05) is 24.6 Å². The van der Waals surface area contributed by atoms with E-state index < -0.39 is 24.4 Å². The van der Waals surface area contributed by atoms with Gasteiger partial charge in [-0.1, -0.05) is 30.3 Å². The number of nitrogens with zero attached hydrogens (tertiary/aromatic N) is 2. The number of para-hydroxylation sites is 1. The van der Waals surface area contributed by atoms with Crippen molar-refractivity contribution in [1.82, 2.24) is 4.90 Å². The van der Waals surface area contributed by atoms with Crippen LogP contribution >= 0.6 is 0 Å². The molecule has 0 saturated carbocycles. The molecule has 0 aromatic heterocycles. The van der Waals surface area contributed by atoms with E-state index in [0.717, 1.165) is 10.6 Å². The number of hydrogen-bond donors (Lipinski definition) is 0. The van der Waals surface area contributed by atoms with Crippen LogP contribution in [0.4, 0.5) is 5.69 Å². The SMILES string of the molecule is CCN(C(=O)COC(=O)CCN1C(=O)c2ccccc2C1=O)c1ccccc1. The van der Waals surface area contributed by atoms with Crippen LogP contribution in [0.1, 0.15) is 34.1 Å². The molecular formula is C21H20N2O5. The summed E-state index contributed by atoms with van der Waals surface area (Å²) in [5, 5.41) is 0. The first-order valence-electron chi connectivity index (χ1n) is 8.99. The molecule has 1 aliphatic rings. The first-order chi connectivity index (χ1) is 13.5. The summed E-state index contributed by atoms with van der Waals surface area (Å²) in [4.78, 5) is 51.4. The number of fused-ring (bicyclic) bond motifs is 1. The summed E-state index contributed by atoms with van der Waals surface area (Å²) < 4.78 is 5.04. The fraction of sp³-hybridized carbons (Fsp3) is 0.238. The van der Waals surface area contributed by atoms with E-state index in [2.05, 4.69) is 0 Å². The maximum absolute atomic E-state index is 12.3. The van der Waals surface area contributed by atoms with Gasteiger partial charge in [-0.05, 0) is 31.2 Å². The number of esters is 1. The van der Waals surface area contributed by atoms with Gasteiger partial charge in [0.05, 0.1) is 17.5 Å². The molecule has 0 spiro atoms. The fourth-order valence-corrected chi connectivity index (χ4v) is 3.05. The second-order valence-electron chi connectivity index (χ2n) is 6.19. The van der Waals surface area contributed by atoms with Crippen LogP contribution in [0.3, 0.4) is 0 Å². The largest absolute Gasteiger partial charge is 0.455 e. The third-order valence-electron chi connectivity index (χ3n) is 4.46. The van der Waals surface area contributed by atoms with E-state index in [0.29, 0.717) is 17.7 Å². The van der Waals surface area contributed by atoms with E-state index in [4.69, 9.17) is 4.74 Å². The van der Waals surface area contributed by atoms with Gasteiger partial charge >= 0.3 is 5.97 Å². The van der Waals surface area contributed by atoms with Gasteiger partial charge < -0.3 is 9.64 Å². The molecule has 2 aromatic rings. The molecule has 144 valence electrons. The number of ether oxygens (including phenoxy) is 1. The number of carbonyl (C=O) groups excluding carboxylic acids is 4. The summed E-state index contributed by atoms with van der Waals surface area (Å²) in [6, 6.07) is 15.6. The molecule has 0 radical (unpaired) electrons. The Morgan fingerprint density at radius 3 is 2.07 bits per heavy atom. The molecule has 1 aliphatic heterocycles. The van der Waals surface area contributed by atoms with Gasteiger partial charge in [-0.2, -0.15) is 0 Å². The molecule has 3 rings (SSSR count). The minimum Gasteiger partial charge on any atom is -0.455 e.